The van der Waals surface area contributed by atoms with Gasteiger partial charge in [-0.3, -0.25) is 9.78 Å². The topological polar surface area (TPSA) is 89.0 Å². The van der Waals surface area contributed by atoms with Crippen LogP contribution < -0.4 is 10.00 Å². The third-order valence-corrected chi connectivity index (χ3v) is 6.10. The van der Waals surface area contributed by atoms with Crippen LogP contribution in [0.1, 0.15) is 81.5 Å². The van der Waals surface area contributed by atoms with Gasteiger partial charge in [0.2, 0.25) is 5.78 Å². The van der Waals surface area contributed by atoms with Gasteiger partial charge in [-0.2, -0.15) is 4.79 Å². The van der Waals surface area contributed by atoms with E-state index in [4.69, 9.17) is 4.42 Å². The summed E-state index contributed by atoms with van der Waals surface area (Å²) >= 11 is 1.35. The molecule has 2 aromatic rings. The van der Waals surface area contributed by atoms with Crippen molar-refractivity contribution in [3.63, 3.8) is 0 Å². The van der Waals surface area contributed by atoms with Crippen molar-refractivity contribution in [1.29, 1.82) is 0 Å². The maximum atomic E-state index is 12.9. The van der Waals surface area contributed by atoms with Gasteiger partial charge in [-0.15, -0.1) is 0 Å². The van der Waals surface area contributed by atoms with Gasteiger partial charge in [-0.1, -0.05) is 44.5 Å². The van der Waals surface area contributed by atoms with E-state index in [-0.39, 0.29) is 23.7 Å². The van der Waals surface area contributed by atoms with Gasteiger partial charge in [-0.25, -0.2) is 5.32 Å². The largest absolute Gasteiger partial charge is 0.520 e. The molecule has 30 heavy (non-hydrogen) atoms. The van der Waals surface area contributed by atoms with Crippen molar-refractivity contribution in [3.05, 3.63) is 36.0 Å². The molecule has 0 saturated heterocycles. The van der Waals surface area contributed by atoms with Crippen LogP contribution in [0, 0.1) is 5.92 Å². The van der Waals surface area contributed by atoms with Crippen molar-refractivity contribution in [2.75, 3.05) is 0 Å². The Morgan fingerprint density at radius 3 is 2.70 bits per heavy atom. The second kappa shape index (κ2) is 11.2. The fraction of sp³-hybridized carbons (Fsp3) is 0.591. The van der Waals surface area contributed by atoms with E-state index in [0.717, 1.165) is 42.3 Å². The quantitative estimate of drug-likeness (QED) is 0.285. The fourth-order valence-corrected chi connectivity index (χ4v) is 4.20. The predicted molar refractivity (Wildman–Crippen MR) is 114 cm³/mol. The summed E-state index contributed by atoms with van der Waals surface area (Å²) in [5.74, 6) is 0.804. The maximum absolute atomic E-state index is 12.9. The van der Waals surface area contributed by atoms with Crippen molar-refractivity contribution >= 4 is 23.6 Å². The number of nitrogens with one attached hydrogen (secondary N) is 1. The number of Topliss-reactive ketones (excluding diaryl/α,β-unsaturated/α-hetero) is 1. The van der Waals surface area contributed by atoms with Crippen molar-refractivity contribution < 1.29 is 18.7 Å². The van der Waals surface area contributed by atoms with E-state index in [1.54, 1.807) is 12.4 Å². The van der Waals surface area contributed by atoms with Gasteiger partial charge in [0.05, 0.1) is 6.04 Å². The summed E-state index contributed by atoms with van der Waals surface area (Å²) in [4.78, 5) is 29.8. The van der Waals surface area contributed by atoms with E-state index in [0.29, 0.717) is 23.3 Å². The van der Waals surface area contributed by atoms with Crippen LogP contribution >= 0.6 is 11.8 Å². The molecule has 1 aliphatic rings. The number of thioether (sulfide) groups is 1. The maximum Gasteiger partial charge on any atom is 0.520 e. The van der Waals surface area contributed by atoms with E-state index in [9.17, 15) is 9.59 Å². The number of pyridine rings is 1. The van der Waals surface area contributed by atoms with E-state index in [2.05, 4.69) is 29.2 Å². The fourth-order valence-electron chi connectivity index (χ4n) is 3.46. The Kier molecular flexibility index (Phi) is 8.42. The number of nitrogens with zero attached hydrogens (tertiary/aromatic N) is 3. The molecule has 0 aliphatic heterocycles. The number of ketones is 1. The lowest BCUT2D eigenvalue weighted by Gasteiger charge is -2.09. The molecule has 2 aromatic heterocycles. The van der Waals surface area contributed by atoms with E-state index >= 15 is 0 Å². The molecule has 0 atom stereocenters. The van der Waals surface area contributed by atoms with Gasteiger partial charge >= 0.3 is 11.9 Å². The predicted octanol–water partition coefficient (Wildman–Crippen LogP) is 4.55. The molecule has 0 unspecified atom stereocenters. The highest BCUT2D eigenvalue weighted by atomic mass is 32.2. The number of hydrogen-bond donors (Lipinski definition) is 1. The molecule has 1 saturated carbocycles. The SMILES string of the molecule is CC(C)CCC(=O)c1oc(SCc2cccnc2)n[n+]1C(=O)NC1CCCCCC1. The number of carbonyl (C=O) groups is 2. The molecule has 0 aromatic carbocycles. The zero-order valence-corrected chi connectivity index (χ0v) is 18.6. The highest BCUT2D eigenvalue weighted by Gasteiger charge is 2.33. The lowest BCUT2D eigenvalue weighted by molar-refractivity contribution is -0.640. The third-order valence-electron chi connectivity index (χ3n) is 5.21. The summed E-state index contributed by atoms with van der Waals surface area (Å²) in [7, 11) is 0. The van der Waals surface area contributed by atoms with E-state index in [1.807, 2.05) is 12.1 Å². The highest BCUT2D eigenvalue weighted by molar-refractivity contribution is 7.98. The lowest BCUT2D eigenvalue weighted by Crippen LogP contribution is -2.57. The Bertz CT molecular complexity index is 830. The molecule has 8 heteroatoms. The van der Waals surface area contributed by atoms with Crippen LogP contribution in [0.5, 0.6) is 0 Å². The van der Waals surface area contributed by atoms with Crippen LogP contribution in [0.3, 0.4) is 0 Å². The van der Waals surface area contributed by atoms with Gasteiger partial charge < -0.3 is 4.42 Å². The van der Waals surface area contributed by atoms with Gasteiger partial charge in [0.1, 0.15) is 0 Å². The van der Waals surface area contributed by atoms with Crippen LogP contribution in [0.2, 0.25) is 0 Å². The molecule has 7 nitrogen and oxygen atoms in total. The standard InChI is InChI=1S/C22H30N4O3S/c1-16(2)11-12-19(27)20-26(21(28)24-18-9-5-3-4-6-10-18)25-22(29-20)30-15-17-8-7-13-23-14-17/h7-8,13-14,16,18H,3-6,9-12,15H2,1-2H3/p+1. The monoisotopic (exact) mass is 431 g/mol. The Morgan fingerprint density at radius 1 is 1.27 bits per heavy atom. The number of amides is 1. The number of aromatic nitrogens is 3. The number of hydrogen-bond acceptors (Lipinski definition) is 6. The van der Waals surface area contributed by atoms with Crippen LogP contribution in [0.4, 0.5) is 4.79 Å². The van der Waals surface area contributed by atoms with Crippen molar-refractivity contribution in [1.82, 2.24) is 15.4 Å². The summed E-state index contributed by atoms with van der Waals surface area (Å²) in [5, 5.41) is 7.68. The lowest BCUT2D eigenvalue weighted by atomic mass is 10.1. The van der Waals surface area contributed by atoms with Crippen molar-refractivity contribution in [2.45, 2.75) is 82.2 Å². The highest BCUT2D eigenvalue weighted by Crippen LogP contribution is 2.22. The van der Waals surface area contributed by atoms with Crippen LogP contribution in [-0.2, 0) is 5.75 Å². The number of rotatable bonds is 8. The Labute approximate surface area is 182 Å². The van der Waals surface area contributed by atoms with Crippen LogP contribution in [0.25, 0.3) is 0 Å². The molecule has 2 heterocycles. The molecule has 0 bridgehead atoms. The van der Waals surface area contributed by atoms with E-state index in [1.165, 1.54) is 24.6 Å². The molecule has 1 fully saturated rings. The zero-order valence-electron chi connectivity index (χ0n) is 17.8. The van der Waals surface area contributed by atoms with Gasteiger partial charge in [-0.05, 0) is 59.4 Å². The summed E-state index contributed by atoms with van der Waals surface area (Å²) in [6.45, 7) is 4.13. The van der Waals surface area contributed by atoms with Gasteiger partial charge in [0.15, 0.2) is 0 Å². The minimum atomic E-state index is -0.383. The van der Waals surface area contributed by atoms with Crippen molar-refractivity contribution in [3.8, 4) is 0 Å². The Morgan fingerprint density at radius 2 is 2.03 bits per heavy atom. The van der Waals surface area contributed by atoms with Gasteiger partial charge in [0, 0.05) is 24.6 Å². The van der Waals surface area contributed by atoms with E-state index < -0.39 is 0 Å². The first-order valence-corrected chi connectivity index (χ1v) is 11.8. The molecule has 0 radical (unpaired) electrons. The molecular weight excluding hydrogens is 400 g/mol. The normalized spacial score (nSPS) is 15.2. The minimum Gasteiger partial charge on any atom is -0.390 e. The van der Waals surface area contributed by atoms with Crippen molar-refractivity contribution in [2.24, 2.45) is 5.92 Å². The first-order chi connectivity index (χ1) is 14.5. The molecule has 162 valence electrons. The third kappa shape index (κ3) is 6.65. The molecule has 1 aliphatic carbocycles. The summed E-state index contributed by atoms with van der Waals surface area (Å²) in [5.41, 5.74) is 1.02. The first kappa shape index (κ1) is 22.5. The van der Waals surface area contributed by atoms with Crippen LogP contribution in [-0.4, -0.2) is 27.9 Å². The second-order valence-electron chi connectivity index (χ2n) is 8.23. The number of carbonyl (C=O) groups excluding carboxylic acids is 2. The Balaban J connectivity index is 1.74. The summed E-state index contributed by atoms with van der Waals surface area (Å²) in [6.07, 6.45) is 11.1. The summed E-state index contributed by atoms with van der Waals surface area (Å²) < 4.78 is 6.87. The average Bonchev–Trinajstić information content (AvgIpc) is 3.01. The molecule has 0 spiro atoms. The second-order valence-corrected chi connectivity index (χ2v) is 9.16. The van der Waals surface area contributed by atoms with Gasteiger partial charge in [0.25, 0.3) is 5.22 Å². The molecule has 3 rings (SSSR count). The zero-order chi connectivity index (χ0) is 21.3. The minimum absolute atomic E-state index is 0.00968. The molecule has 1 N–H and O–H groups in total. The smallest absolute Gasteiger partial charge is 0.390 e. The Hall–Kier alpha value is -2.22. The average molecular weight is 432 g/mol. The summed E-state index contributed by atoms with van der Waals surface area (Å²) in [6, 6.07) is 3.57. The molecular formula is C22H31N4O3S+. The molecule has 1 amide bonds. The van der Waals surface area contributed by atoms with Crippen LogP contribution in [0.15, 0.2) is 34.2 Å². The first-order valence-electron chi connectivity index (χ1n) is 10.8.